The van der Waals surface area contributed by atoms with Crippen molar-refractivity contribution < 1.29 is 29.0 Å². The topological polar surface area (TPSA) is 39.2 Å². The Hall–Kier alpha value is -1.54. The molecule has 0 spiro atoms. The number of pyridine rings is 1. The monoisotopic (exact) mass is 315 g/mol. The molecule has 1 heterocycles. The van der Waals surface area contributed by atoms with E-state index in [1.54, 1.807) is 18.3 Å². The number of hydrogen-bond acceptors (Lipinski definition) is 3. The van der Waals surface area contributed by atoms with E-state index in [0.717, 1.165) is 17.5 Å². The van der Waals surface area contributed by atoms with Crippen LogP contribution in [0, 0.1) is 6.07 Å². The number of ether oxygens (including phenoxy) is 1. The fourth-order valence-electron chi connectivity index (χ4n) is 1.43. The van der Waals surface area contributed by atoms with Crippen LogP contribution in [0.1, 0.15) is 10.4 Å². The van der Waals surface area contributed by atoms with Crippen molar-refractivity contribution in [3.63, 3.8) is 0 Å². The van der Waals surface area contributed by atoms with Gasteiger partial charge in [0.05, 0.1) is 7.11 Å². The zero-order chi connectivity index (χ0) is 11.4. The second-order valence-corrected chi connectivity index (χ2v) is 3.20. The van der Waals surface area contributed by atoms with Gasteiger partial charge in [0.25, 0.3) is 0 Å². The first kappa shape index (κ1) is 13.5. The summed E-state index contributed by atoms with van der Waals surface area (Å²) in [5.74, 6) is 0.523. The zero-order valence-corrected chi connectivity index (χ0v) is 10.8. The van der Waals surface area contributed by atoms with Crippen LogP contribution in [-0.4, -0.2) is 18.4 Å². The van der Waals surface area contributed by atoms with Gasteiger partial charge in [-0.15, -0.1) is 23.8 Å². The maximum Gasteiger partial charge on any atom is 0.135 e. The minimum atomic E-state index is 0. The summed E-state index contributed by atoms with van der Waals surface area (Å²) in [6.07, 6.45) is 2.47. The summed E-state index contributed by atoms with van der Waals surface area (Å²) in [5, 5.41) is 0. The number of rotatable bonds is 3. The SMILES string of the molecule is COc1c[c-]c(-c2ccccn2)cc1C=O.[Rh]. The Bertz CT molecular complexity index is 500. The summed E-state index contributed by atoms with van der Waals surface area (Å²) in [5.41, 5.74) is 2.07. The molecule has 2 rings (SSSR count). The number of aldehydes is 1. The van der Waals surface area contributed by atoms with E-state index in [-0.39, 0.29) is 19.5 Å². The second kappa shape index (κ2) is 6.26. The van der Waals surface area contributed by atoms with Gasteiger partial charge in [-0.1, -0.05) is 12.1 Å². The predicted octanol–water partition coefficient (Wildman–Crippen LogP) is 2.37. The van der Waals surface area contributed by atoms with Gasteiger partial charge in [-0.2, -0.15) is 0 Å². The minimum Gasteiger partial charge on any atom is -0.539 e. The molecule has 1 aromatic carbocycles. The third-order valence-electron chi connectivity index (χ3n) is 2.23. The summed E-state index contributed by atoms with van der Waals surface area (Å²) in [6.45, 7) is 0. The maximum absolute atomic E-state index is 10.9. The van der Waals surface area contributed by atoms with Gasteiger partial charge in [0, 0.05) is 31.4 Å². The largest absolute Gasteiger partial charge is 0.539 e. The molecule has 1 radical (unpaired) electrons. The van der Waals surface area contributed by atoms with Gasteiger partial charge in [0.1, 0.15) is 6.29 Å². The fraction of sp³-hybridized carbons (Fsp3) is 0.0769. The standard InChI is InChI=1S/C13H10NO2.Rh/c1-16-13-6-5-10(8-11(13)9-15)12-4-2-3-7-14-12;/h2-4,6-9H,1H3;/q-1;. The van der Waals surface area contributed by atoms with Gasteiger partial charge >= 0.3 is 0 Å². The molecule has 2 aromatic rings. The summed E-state index contributed by atoms with van der Waals surface area (Å²) in [6, 6.07) is 12.0. The normalized spacial score (nSPS) is 9.24. The molecule has 0 fully saturated rings. The van der Waals surface area contributed by atoms with E-state index in [1.165, 1.54) is 7.11 Å². The van der Waals surface area contributed by atoms with Crippen LogP contribution < -0.4 is 4.74 Å². The van der Waals surface area contributed by atoms with E-state index in [4.69, 9.17) is 4.74 Å². The first-order chi connectivity index (χ1) is 7.85. The molecule has 0 saturated heterocycles. The molecule has 17 heavy (non-hydrogen) atoms. The van der Waals surface area contributed by atoms with Crippen molar-refractivity contribution >= 4 is 6.29 Å². The van der Waals surface area contributed by atoms with Crippen molar-refractivity contribution in [2.75, 3.05) is 7.11 Å². The van der Waals surface area contributed by atoms with Crippen LogP contribution in [0.15, 0.2) is 36.5 Å². The maximum atomic E-state index is 10.9. The van der Waals surface area contributed by atoms with E-state index in [9.17, 15) is 4.79 Å². The molecule has 0 N–H and O–H groups in total. The number of aromatic nitrogens is 1. The van der Waals surface area contributed by atoms with Crippen molar-refractivity contribution in [1.29, 1.82) is 0 Å². The second-order valence-electron chi connectivity index (χ2n) is 3.20. The van der Waals surface area contributed by atoms with Crippen LogP contribution in [0.25, 0.3) is 11.3 Å². The third kappa shape index (κ3) is 2.98. The predicted molar refractivity (Wildman–Crippen MR) is 60.4 cm³/mol. The van der Waals surface area contributed by atoms with E-state index in [1.807, 2.05) is 18.2 Å². The molecule has 0 atom stereocenters. The van der Waals surface area contributed by atoms with Crippen LogP contribution in [0.5, 0.6) is 5.75 Å². The molecule has 0 bridgehead atoms. The average Bonchev–Trinajstić information content (AvgIpc) is 2.39. The Labute approximate surface area is 113 Å². The third-order valence-corrected chi connectivity index (χ3v) is 2.23. The number of carbonyl (C=O) groups is 1. The smallest absolute Gasteiger partial charge is 0.135 e. The van der Waals surface area contributed by atoms with E-state index >= 15 is 0 Å². The van der Waals surface area contributed by atoms with Crippen LogP contribution in [0.2, 0.25) is 0 Å². The Balaban J connectivity index is 0.00000144. The Kier molecular flexibility index (Phi) is 4.98. The zero-order valence-electron chi connectivity index (χ0n) is 9.14. The fourth-order valence-corrected chi connectivity index (χ4v) is 1.43. The van der Waals surface area contributed by atoms with Gasteiger partial charge < -0.3 is 9.72 Å². The Morgan fingerprint density at radius 2 is 2.24 bits per heavy atom. The van der Waals surface area contributed by atoms with Crippen LogP contribution in [0.3, 0.4) is 0 Å². The van der Waals surface area contributed by atoms with Gasteiger partial charge in [0.15, 0.2) is 0 Å². The molecule has 89 valence electrons. The summed E-state index contributed by atoms with van der Waals surface area (Å²) >= 11 is 0. The van der Waals surface area contributed by atoms with Crippen molar-refractivity contribution in [2.45, 2.75) is 0 Å². The Morgan fingerprint density at radius 1 is 1.41 bits per heavy atom. The van der Waals surface area contributed by atoms with E-state index in [0.29, 0.717) is 11.3 Å². The number of hydrogen-bond donors (Lipinski definition) is 0. The molecule has 0 aliphatic rings. The van der Waals surface area contributed by atoms with Gasteiger partial charge in [0.2, 0.25) is 0 Å². The number of benzene rings is 1. The average molecular weight is 315 g/mol. The molecule has 0 amide bonds. The summed E-state index contributed by atoms with van der Waals surface area (Å²) in [4.78, 5) is 15.0. The van der Waals surface area contributed by atoms with Gasteiger partial charge in [-0.05, 0) is 17.3 Å². The van der Waals surface area contributed by atoms with E-state index in [2.05, 4.69) is 11.1 Å². The quantitative estimate of drug-likeness (QED) is 0.496. The van der Waals surface area contributed by atoms with E-state index < -0.39 is 0 Å². The van der Waals surface area contributed by atoms with Crippen molar-refractivity contribution in [2.24, 2.45) is 0 Å². The van der Waals surface area contributed by atoms with Crippen LogP contribution in [0.4, 0.5) is 0 Å². The van der Waals surface area contributed by atoms with Crippen molar-refractivity contribution in [1.82, 2.24) is 4.98 Å². The number of carbonyl (C=O) groups excluding carboxylic acids is 1. The molecular formula is C13H10NO2Rh-. The number of methoxy groups -OCH3 is 1. The molecule has 0 unspecified atom stereocenters. The molecule has 3 nitrogen and oxygen atoms in total. The summed E-state index contributed by atoms with van der Waals surface area (Å²) in [7, 11) is 1.52. The number of nitrogens with zero attached hydrogens (tertiary/aromatic N) is 1. The minimum absolute atomic E-state index is 0. The molecule has 4 heteroatoms. The van der Waals surface area contributed by atoms with Crippen molar-refractivity contribution in [3.8, 4) is 17.0 Å². The first-order valence-corrected chi connectivity index (χ1v) is 4.81. The van der Waals surface area contributed by atoms with Crippen LogP contribution >= 0.6 is 0 Å². The first-order valence-electron chi connectivity index (χ1n) is 4.81. The van der Waals surface area contributed by atoms with Gasteiger partial charge in [-0.25, -0.2) is 0 Å². The molecule has 0 aliphatic heterocycles. The summed E-state index contributed by atoms with van der Waals surface area (Å²) < 4.78 is 5.04. The molecule has 1 aromatic heterocycles. The molecule has 0 aliphatic carbocycles. The van der Waals surface area contributed by atoms with Gasteiger partial charge in [-0.3, -0.25) is 4.79 Å². The van der Waals surface area contributed by atoms with Crippen molar-refractivity contribution in [3.05, 3.63) is 48.2 Å². The van der Waals surface area contributed by atoms with Crippen LogP contribution in [-0.2, 0) is 19.5 Å². The Morgan fingerprint density at radius 3 is 2.82 bits per heavy atom. The molecular weight excluding hydrogens is 305 g/mol. The molecule has 0 saturated carbocycles.